The monoisotopic (exact) mass is 390 g/mol. The Balaban J connectivity index is 2.89. The lowest BCUT2D eigenvalue weighted by Crippen LogP contribution is -2.61. The molecule has 1 heterocycles. The molecular weight excluding hydrogens is 372 g/mol. The molecule has 148 valence electrons. The van der Waals surface area contributed by atoms with Crippen LogP contribution in [0.4, 0.5) is 26.3 Å². The van der Waals surface area contributed by atoms with Crippen molar-refractivity contribution in [2.75, 3.05) is 0 Å². The predicted octanol–water partition coefficient (Wildman–Crippen LogP) is 2.77. The van der Waals surface area contributed by atoms with E-state index in [1.165, 1.54) is 0 Å². The van der Waals surface area contributed by atoms with Gasteiger partial charge < -0.3 is 5.11 Å². The van der Waals surface area contributed by atoms with Gasteiger partial charge in [-0.25, -0.2) is 9.59 Å². The maximum atomic E-state index is 13.6. The zero-order chi connectivity index (χ0) is 20.2. The van der Waals surface area contributed by atoms with Gasteiger partial charge in [0.15, 0.2) is 0 Å². The molecule has 1 aromatic rings. The minimum Gasteiger partial charge on any atom is -0.477 e. The summed E-state index contributed by atoms with van der Waals surface area (Å²) < 4.78 is 80.8. The van der Waals surface area contributed by atoms with Gasteiger partial charge in [-0.2, -0.15) is 26.3 Å². The summed E-state index contributed by atoms with van der Waals surface area (Å²) in [6.45, 7) is 2.21. The Kier molecular flexibility index (Phi) is 6.77. The van der Waals surface area contributed by atoms with Crippen LogP contribution in [0, 0.1) is 0 Å². The number of rotatable bonds is 10. The van der Waals surface area contributed by atoms with Crippen LogP contribution in [-0.2, 0) is 11.3 Å². The molecule has 0 aromatic carbocycles. The maximum absolute atomic E-state index is 13.6. The van der Waals surface area contributed by atoms with Crippen LogP contribution in [0.5, 0.6) is 0 Å². The third-order valence-electron chi connectivity index (χ3n) is 3.63. The van der Waals surface area contributed by atoms with E-state index in [0.717, 1.165) is 30.4 Å². The summed E-state index contributed by atoms with van der Waals surface area (Å²) in [6.07, 6.45) is 5.42. The molecule has 0 spiro atoms. The van der Waals surface area contributed by atoms with Gasteiger partial charge in [-0.05, 0) is 17.9 Å². The van der Waals surface area contributed by atoms with E-state index in [2.05, 4.69) is 5.10 Å². The molecule has 1 N–H and O–H groups in total. The molecule has 0 amide bonds. The number of carboxylic acid groups (broad SMARTS) is 1. The number of carbonyl (C=O) groups is 2. The molecular formula is C14H18F6N3O3+. The second-order valence-corrected chi connectivity index (χ2v) is 5.66. The SMILES string of the molecule is CCCCCCC[n+]1cn(C(=O)C(F)(F)C(F)(F)C(F)(F)C(=O)O)cn1. The van der Waals surface area contributed by atoms with Crippen molar-refractivity contribution < 1.29 is 45.7 Å². The van der Waals surface area contributed by atoms with Gasteiger partial charge in [0, 0.05) is 0 Å². The van der Waals surface area contributed by atoms with Crippen molar-refractivity contribution in [2.45, 2.75) is 63.3 Å². The predicted molar refractivity (Wildman–Crippen MR) is 74.3 cm³/mol. The number of hydrogen-bond acceptors (Lipinski definition) is 3. The standard InChI is InChI=1S/C14H17F6N3O3/c1-2-3-4-5-6-7-23-9-22(8-21-23)10(24)12(15,16)14(19,20)13(17,18)11(25)26/h8-9H,2-7H2,1H3/p+1. The number of aromatic nitrogens is 3. The lowest BCUT2D eigenvalue weighted by Gasteiger charge is -2.27. The number of aliphatic carboxylic acids is 1. The van der Waals surface area contributed by atoms with Gasteiger partial charge in [-0.3, -0.25) is 0 Å². The van der Waals surface area contributed by atoms with Crippen molar-refractivity contribution in [3.8, 4) is 0 Å². The summed E-state index contributed by atoms with van der Waals surface area (Å²) in [5.74, 6) is -24.7. The van der Waals surface area contributed by atoms with E-state index in [4.69, 9.17) is 5.11 Å². The highest BCUT2D eigenvalue weighted by atomic mass is 19.3. The van der Waals surface area contributed by atoms with E-state index in [1.807, 2.05) is 6.92 Å². The molecule has 0 saturated heterocycles. The van der Waals surface area contributed by atoms with Gasteiger partial charge in [0.2, 0.25) is 6.33 Å². The minimum atomic E-state index is -6.43. The van der Waals surface area contributed by atoms with Gasteiger partial charge in [-0.1, -0.05) is 26.2 Å². The van der Waals surface area contributed by atoms with Crippen LogP contribution in [0.2, 0.25) is 0 Å². The smallest absolute Gasteiger partial charge is 0.415 e. The van der Waals surface area contributed by atoms with E-state index in [9.17, 15) is 35.9 Å². The van der Waals surface area contributed by atoms with Crippen molar-refractivity contribution in [1.29, 1.82) is 0 Å². The minimum absolute atomic E-state index is 0.0715. The summed E-state index contributed by atoms with van der Waals surface area (Å²) in [7, 11) is 0. The van der Waals surface area contributed by atoms with Crippen molar-refractivity contribution in [2.24, 2.45) is 0 Å². The van der Waals surface area contributed by atoms with Crippen LogP contribution in [0.15, 0.2) is 12.7 Å². The lowest BCUT2D eigenvalue weighted by atomic mass is 10.0. The van der Waals surface area contributed by atoms with Gasteiger partial charge in [-0.15, -0.1) is 9.25 Å². The lowest BCUT2D eigenvalue weighted by molar-refractivity contribution is -0.752. The number of nitrogens with zero attached hydrogens (tertiary/aromatic N) is 3. The van der Waals surface area contributed by atoms with Crippen LogP contribution in [-0.4, -0.2) is 44.4 Å². The highest BCUT2D eigenvalue weighted by Crippen LogP contribution is 2.46. The first-order chi connectivity index (χ1) is 11.9. The maximum Gasteiger partial charge on any atom is 0.415 e. The van der Waals surface area contributed by atoms with Crippen LogP contribution in [0.1, 0.15) is 43.8 Å². The van der Waals surface area contributed by atoms with Crippen molar-refractivity contribution >= 4 is 11.9 Å². The van der Waals surface area contributed by atoms with Crippen molar-refractivity contribution in [3.63, 3.8) is 0 Å². The van der Waals surface area contributed by atoms with Gasteiger partial charge in [0.1, 0.15) is 6.54 Å². The van der Waals surface area contributed by atoms with E-state index in [0.29, 0.717) is 19.1 Å². The number of halogens is 6. The fourth-order valence-corrected chi connectivity index (χ4v) is 2.05. The second-order valence-electron chi connectivity index (χ2n) is 5.66. The number of carboxylic acids is 1. The van der Waals surface area contributed by atoms with Gasteiger partial charge >= 0.3 is 29.6 Å². The molecule has 0 radical (unpaired) electrons. The molecule has 0 aliphatic rings. The molecule has 12 heteroatoms. The zero-order valence-electron chi connectivity index (χ0n) is 13.8. The molecule has 1 aromatic heterocycles. The zero-order valence-corrected chi connectivity index (χ0v) is 13.8. The highest BCUT2D eigenvalue weighted by molar-refractivity contribution is 5.88. The molecule has 0 saturated carbocycles. The van der Waals surface area contributed by atoms with E-state index >= 15 is 0 Å². The van der Waals surface area contributed by atoms with Crippen LogP contribution < -0.4 is 4.68 Å². The van der Waals surface area contributed by atoms with Crippen LogP contribution in [0.3, 0.4) is 0 Å². The molecule has 0 aliphatic heterocycles. The number of aryl methyl sites for hydroxylation is 1. The fourth-order valence-electron chi connectivity index (χ4n) is 2.05. The first kappa shape index (κ1) is 21.9. The molecule has 0 fully saturated rings. The summed E-state index contributed by atoms with van der Waals surface area (Å²) in [6, 6.07) is 0. The Morgan fingerprint density at radius 3 is 2.15 bits per heavy atom. The number of hydrogen-bond donors (Lipinski definition) is 1. The Morgan fingerprint density at radius 2 is 1.62 bits per heavy atom. The quantitative estimate of drug-likeness (QED) is 0.379. The average Bonchev–Trinajstić information content (AvgIpc) is 3.02. The third kappa shape index (κ3) is 4.15. The third-order valence-corrected chi connectivity index (χ3v) is 3.63. The average molecular weight is 390 g/mol. The van der Waals surface area contributed by atoms with Crippen molar-refractivity contribution in [3.05, 3.63) is 12.7 Å². The first-order valence-electron chi connectivity index (χ1n) is 7.75. The molecule has 0 unspecified atom stereocenters. The summed E-state index contributed by atoms with van der Waals surface area (Å²) >= 11 is 0. The van der Waals surface area contributed by atoms with E-state index in [1.54, 1.807) is 0 Å². The summed E-state index contributed by atoms with van der Waals surface area (Å²) in [4.78, 5) is 21.7. The Morgan fingerprint density at radius 1 is 1.04 bits per heavy atom. The summed E-state index contributed by atoms with van der Waals surface area (Å²) in [5, 5.41) is 11.6. The van der Waals surface area contributed by atoms with Crippen molar-refractivity contribution in [1.82, 2.24) is 9.67 Å². The van der Waals surface area contributed by atoms with E-state index < -0.39 is 29.6 Å². The van der Waals surface area contributed by atoms with E-state index in [-0.39, 0.29) is 11.1 Å². The summed E-state index contributed by atoms with van der Waals surface area (Å²) in [5.41, 5.74) is 0. The second kappa shape index (κ2) is 8.04. The molecule has 0 bridgehead atoms. The molecule has 1 rings (SSSR count). The number of alkyl halides is 6. The Bertz CT molecular complexity index is 648. The molecule has 0 aliphatic carbocycles. The molecule has 26 heavy (non-hydrogen) atoms. The highest BCUT2D eigenvalue weighted by Gasteiger charge is 2.79. The number of carbonyl (C=O) groups excluding carboxylic acids is 1. The number of unbranched alkanes of at least 4 members (excludes halogenated alkanes) is 4. The van der Waals surface area contributed by atoms with Gasteiger partial charge in [0.05, 0.1) is 0 Å². The van der Waals surface area contributed by atoms with Crippen LogP contribution in [0.25, 0.3) is 0 Å². The van der Waals surface area contributed by atoms with Crippen LogP contribution >= 0.6 is 0 Å². The topological polar surface area (TPSA) is 76.1 Å². The fraction of sp³-hybridized carbons (Fsp3) is 0.714. The Hall–Kier alpha value is -2.14. The molecule has 0 atom stereocenters. The first-order valence-corrected chi connectivity index (χ1v) is 7.75. The largest absolute Gasteiger partial charge is 0.477 e. The van der Waals surface area contributed by atoms with Gasteiger partial charge in [0.25, 0.3) is 6.33 Å². The molecule has 6 nitrogen and oxygen atoms in total. The normalized spacial score (nSPS) is 13.0. The Labute approximate surface area is 144 Å².